The predicted molar refractivity (Wildman–Crippen MR) is 76.8 cm³/mol. The summed E-state index contributed by atoms with van der Waals surface area (Å²) in [6.45, 7) is -0.0876. The van der Waals surface area contributed by atoms with Gasteiger partial charge in [-0.3, -0.25) is 0 Å². The molecular weight excluding hydrogens is 302 g/mol. The minimum Gasteiger partial charge on any atom is -0.473 e. The van der Waals surface area contributed by atoms with Gasteiger partial charge in [-0.15, -0.1) is 0 Å². The molecule has 0 atom stereocenters. The highest BCUT2D eigenvalue weighted by molar-refractivity contribution is 5.37. The highest BCUT2D eigenvalue weighted by atomic mass is 19.1. The largest absolute Gasteiger partial charge is 0.473 e. The number of hydrogen-bond donors (Lipinski definition) is 0. The fraction of sp³-hybridized carbons (Fsp3) is 0.0625. The maximum Gasteiger partial charge on any atom is 0.218 e. The lowest BCUT2D eigenvalue weighted by molar-refractivity contribution is 0.278. The van der Waals surface area contributed by atoms with Gasteiger partial charge in [0.2, 0.25) is 5.88 Å². The van der Waals surface area contributed by atoms with Crippen molar-refractivity contribution in [1.82, 2.24) is 14.8 Å². The highest BCUT2D eigenvalue weighted by Crippen LogP contribution is 2.18. The molecule has 0 aliphatic heterocycles. The second-order valence-corrected chi connectivity index (χ2v) is 4.62. The number of rotatable bonds is 4. The molecule has 3 rings (SSSR count). The first-order valence-electron chi connectivity index (χ1n) is 6.64. The number of hydrogen-bond acceptors (Lipinski definition) is 4. The van der Waals surface area contributed by atoms with Gasteiger partial charge in [-0.2, -0.15) is 15.0 Å². The summed E-state index contributed by atoms with van der Waals surface area (Å²) >= 11 is 0. The average molecular weight is 312 g/mol. The van der Waals surface area contributed by atoms with E-state index >= 15 is 0 Å². The van der Waals surface area contributed by atoms with Crippen LogP contribution in [0.5, 0.6) is 5.88 Å². The first-order valence-corrected chi connectivity index (χ1v) is 6.64. The minimum atomic E-state index is -0.680. The lowest BCUT2D eigenvalue weighted by Gasteiger charge is -2.09. The number of nitrogens with zero attached hydrogens (tertiary/aromatic N) is 4. The van der Waals surface area contributed by atoms with Crippen molar-refractivity contribution in [3.63, 3.8) is 0 Å². The van der Waals surface area contributed by atoms with Crippen molar-refractivity contribution in [2.24, 2.45) is 0 Å². The van der Waals surface area contributed by atoms with E-state index < -0.39 is 11.6 Å². The van der Waals surface area contributed by atoms with Gasteiger partial charge in [0.1, 0.15) is 18.2 Å². The third-order valence-corrected chi connectivity index (χ3v) is 3.09. The van der Waals surface area contributed by atoms with Crippen molar-refractivity contribution in [2.75, 3.05) is 0 Å². The molecule has 2 aromatic heterocycles. The topological polar surface area (TPSA) is 63.7 Å². The fourth-order valence-electron chi connectivity index (χ4n) is 1.97. The Balaban J connectivity index is 1.82. The smallest absolute Gasteiger partial charge is 0.218 e. The van der Waals surface area contributed by atoms with Gasteiger partial charge in [0.15, 0.2) is 5.82 Å². The van der Waals surface area contributed by atoms with Crippen molar-refractivity contribution >= 4 is 0 Å². The van der Waals surface area contributed by atoms with Crippen LogP contribution in [0.25, 0.3) is 5.82 Å². The summed E-state index contributed by atoms with van der Waals surface area (Å²) in [5.74, 6) is -0.588. The summed E-state index contributed by atoms with van der Waals surface area (Å²) in [7, 11) is 0. The maximum absolute atomic E-state index is 13.6. The summed E-state index contributed by atoms with van der Waals surface area (Å²) in [5.41, 5.74) is 0.652. The summed E-state index contributed by atoms with van der Waals surface area (Å²) in [6.07, 6.45) is 2.98. The molecule has 7 heteroatoms. The van der Waals surface area contributed by atoms with Crippen LogP contribution < -0.4 is 4.74 Å². The highest BCUT2D eigenvalue weighted by Gasteiger charge is 2.10. The molecule has 0 saturated carbocycles. The van der Waals surface area contributed by atoms with Crippen molar-refractivity contribution in [3.05, 3.63) is 71.6 Å². The van der Waals surface area contributed by atoms with Gasteiger partial charge >= 0.3 is 0 Å². The van der Waals surface area contributed by atoms with E-state index in [2.05, 4.69) is 10.1 Å². The van der Waals surface area contributed by atoms with Crippen LogP contribution in [-0.4, -0.2) is 14.8 Å². The molecule has 0 spiro atoms. The van der Waals surface area contributed by atoms with Gasteiger partial charge in [0.05, 0.1) is 17.8 Å². The zero-order valence-electron chi connectivity index (χ0n) is 11.8. The van der Waals surface area contributed by atoms with Crippen LogP contribution >= 0.6 is 0 Å². The second-order valence-electron chi connectivity index (χ2n) is 4.62. The Morgan fingerprint density at radius 1 is 1.13 bits per heavy atom. The maximum atomic E-state index is 13.6. The molecule has 1 aromatic carbocycles. The lowest BCUT2D eigenvalue weighted by Crippen LogP contribution is -2.06. The fourth-order valence-corrected chi connectivity index (χ4v) is 1.97. The Hall–Kier alpha value is -3.27. The third-order valence-electron chi connectivity index (χ3n) is 3.09. The monoisotopic (exact) mass is 312 g/mol. The van der Waals surface area contributed by atoms with E-state index in [-0.39, 0.29) is 12.2 Å². The first-order chi connectivity index (χ1) is 11.2. The van der Waals surface area contributed by atoms with Crippen molar-refractivity contribution in [1.29, 1.82) is 5.26 Å². The van der Waals surface area contributed by atoms with E-state index in [0.717, 1.165) is 12.1 Å². The SMILES string of the molecule is N#Cc1ccnc(-n2nccc2OCc2ccc(F)cc2F)c1. The van der Waals surface area contributed by atoms with E-state index in [1.807, 2.05) is 6.07 Å². The molecule has 23 heavy (non-hydrogen) atoms. The molecule has 2 heterocycles. The van der Waals surface area contributed by atoms with Crippen LogP contribution in [0.4, 0.5) is 8.78 Å². The molecule has 114 valence electrons. The quantitative estimate of drug-likeness (QED) is 0.743. The van der Waals surface area contributed by atoms with Crippen molar-refractivity contribution < 1.29 is 13.5 Å². The van der Waals surface area contributed by atoms with E-state index in [1.54, 1.807) is 18.2 Å². The molecule has 0 unspecified atom stereocenters. The average Bonchev–Trinajstić information content (AvgIpc) is 3.02. The van der Waals surface area contributed by atoms with Crippen LogP contribution in [0.2, 0.25) is 0 Å². The summed E-state index contributed by atoms with van der Waals surface area (Å²) in [4.78, 5) is 4.12. The number of aromatic nitrogens is 3. The molecule has 0 N–H and O–H groups in total. The number of halogens is 2. The standard InChI is InChI=1S/C16H10F2N4O/c17-13-2-1-12(14(18)8-13)10-23-16-4-6-21-22(16)15-7-11(9-19)3-5-20-15/h1-8H,10H2. The molecular formula is C16H10F2N4O. The van der Waals surface area contributed by atoms with Crippen LogP contribution in [0.1, 0.15) is 11.1 Å². The van der Waals surface area contributed by atoms with E-state index in [0.29, 0.717) is 17.3 Å². The van der Waals surface area contributed by atoms with Crippen LogP contribution in [0, 0.1) is 23.0 Å². The van der Waals surface area contributed by atoms with Gasteiger partial charge in [-0.25, -0.2) is 13.8 Å². The number of pyridine rings is 1. The Morgan fingerprint density at radius 3 is 2.78 bits per heavy atom. The summed E-state index contributed by atoms with van der Waals surface area (Å²) in [6, 6.07) is 10.0. The molecule has 0 bridgehead atoms. The van der Waals surface area contributed by atoms with Crippen molar-refractivity contribution in [3.8, 4) is 17.8 Å². The number of benzene rings is 1. The van der Waals surface area contributed by atoms with Gasteiger partial charge in [0.25, 0.3) is 0 Å². The van der Waals surface area contributed by atoms with Crippen LogP contribution in [0.3, 0.4) is 0 Å². The lowest BCUT2D eigenvalue weighted by atomic mass is 10.2. The van der Waals surface area contributed by atoms with Crippen LogP contribution in [-0.2, 0) is 6.61 Å². The van der Waals surface area contributed by atoms with Gasteiger partial charge in [-0.05, 0) is 18.2 Å². The van der Waals surface area contributed by atoms with E-state index in [9.17, 15) is 8.78 Å². The number of ether oxygens (including phenoxy) is 1. The third kappa shape index (κ3) is 3.16. The Bertz CT molecular complexity index is 886. The second kappa shape index (κ2) is 6.23. The molecule has 0 fully saturated rings. The summed E-state index contributed by atoms with van der Waals surface area (Å²) in [5, 5.41) is 13.0. The molecule has 0 amide bonds. The number of nitriles is 1. The molecule has 0 aliphatic carbocycles. The van der Waals surface area contributed by atoms with Gasteiger partial charge in [0, 0.05) is 30.0 Å². The normalized spacial score (nSPS) is 10.3. The van der Waals surface area contributed by atoms with Gasteiger partial charge in [-0.1, -0.05) is 0 Å². The molecule has 5 nitrogen and oxygen atoms in total. The molecule has 3 aromatic rings. The zero-order valence-corrected chi connectivity index (χ0v) is 11.8. The summed E-state index contributed by atoms with van der Waals surface area (Å²) < 4.78 is 33.4. The molecule has 0 aliphatic rings. The molecule has 0 radical (unpaired) electrons. The molecule has 0 saturated heterocycles. The Labute approximate surface area is 130 Å². The van der Waals surface area contributed by atoms with E-state index in [1.165, 1.54) is 23.1 Å². The van der Waals surface area contributed by atoms with E-state index in [4.69, 9.17) is 10.00 Å². The Kier molecular flexibility index (Phi) is 3.97. The Morgan fingerprint density at radius 2 is 2.00 bits per heavy atom. The minimum absolute atomic E-state index is 0.0876. The van der Waals surface area contributed by atoms with Crippen molar-refractivity contribution in [2.45, 2.75) is 6.61 Å². The zero-order chi connectivity index (χ0) is 16.2. The predicted octanol–water partition coefficient (Wildman–Crippen LogP) is 3.00. The van der Waals surface area contributed by atoms with Crippen LogP contribution in [0.15, 0.2) is 48.8 Å². The first kappa shape index (κ1) is 14.7. The van der Waals surface area contributed by atoms with Gasteiger partial charge < -0.3 is 4.74 Å².